The third-order valence-corrected chi connectivity index (χ3v) is 11.7. The topological polar surface area (TPSA) is 142 Å². The second kappa shape index (κ2) is 11.4. The van der Waals surface area contributed by atoms with Crippen LogP contribution in [-0.4, -0.2) is 52.6 Å². The predicted octanol–water partition coefficient (Wildman–Crippen LogP) is 9.18. The van der Waals surface area contributed by atoms with E-state index in [1.165, 1.54) is 24.5 Å². The monoisotopic (exact) mass is 720 g/mol. The average molecular weight is 721 g/mol. The third kappa shape index (κ3) is 4.50. The number of hydrogen-bond donors (Lipinski definition) is 0. The molecule has 0 bridgehead atoms. The molecule has 7 aromatic heterocycles. The highest BCUT2D eigenvalue weighted by molar-refractivity contribution is 7.26. The van der Waals surface area contributed by atoms with Crippen molar-refractivity contribution >= 4 is 70.5 Å². The molecule has 3 aromatic carbocycles. The molecular weight excluding hydrogens is 697 g/mol. The number of epoxide rings is 1. The summed E-state index contributed by atoms with van der Waals surface area (Å²) in [6, 6.07) is 21.8. The van der Waals surface area contributed by atoms with E-state index in [4.69, 9.17) is 18.6 Å². The van der Waals surface area contributed by atoms with Crippen LogP contribution < -0.4 is 0 Å². The van der Waals surface area contributed by atoms with Crippen LogP contribution in [0.1, 0.15) is 29.2 Å². The molecule has 0 amide bonds. The van der Waals surface area contributed by atoms with Gasteiger partial charge in [-0.3, -0.25) is 0 Å². The molecule has 0 radical (unpaired) electrons. The van der Waals surface area contributed by atoms with Crippen molar-refractivity contribution in [2.75, 3.05) is 6.61 Å². The second-order valence-electron chi connectivity index (χ2n) is 13.6. The van der Waals surface area contributed by atoms with E-state index in [-0.39, 0.29) is 12.0 Å². The quantitative estimate of drug-likeness (QED) is 0.157. The summed E-state index contributed by atoms with van der Waals surface area (Å²) in [5.41, 5.74) is 11.0. The van der Waals surface area contributed by atoms with Gasteiger partial charge in [0, 0.05) is 62.2 Å². The zero-order valence-electron chi connectivity index (χ0n) is 28.2. The van der Waals surface area contributed by atoms with Crippen molar-refractivity contribution in [3.8, 4) is 33.5 Å². The van der Waals surface area contributed by atoms with Crippen molar-refractivity contribution in [2.24, 2.45) is 0 Å². The van der Waals surface area contributed by atoms with E-state index in [2.05, 4.69) is 102 Å². The Balaban J connectivity index is 1.03. The Morgan fingerprint density at radius 1 is 0.630 bits per heavy atom. The van der Waals surface area contributed by atoms with Gasteiger partial charge in [0.15, 0.2) is 0 Å². The number of rotatable bonds is 5. The van der Waals surface area contributed by atoms with Gasteiger partial charge >= 0.3 is 0 Å². The fourth-order valence-corrected chi connectivity index (χ4v) is 9.16. The summed E-state index contributed by atoms with van der Waals surface area (Å²) in [5.74, 6) is 0.923. The van der Waals surface area contributed by atoms with Crippen molar-refractivity contribution in [1.82, 2.24) is 39.9 Å². The highest BCUT2D eigenvalue weighted by Gasteiger charge is 2.38. The van der Waals surface area contributed by atoms with Crippen LogP contribution in [0.2, 0.25) is 0 Å². The highest BCUT2D eigenvalue weighted by atomic mass is 32.1. The minimum atomic E-state index is 0.0624. The number of furan rings is 2. The lowest BCUT2D eigenvalue weighted by Crippen LogP contribution is -2.09. The maximum absolute atomic E-state index is 6.38. The van der Waals surface area contributed by atoms with Crippen molar-refractivity contribution in [1.29, 1.82) is 0 Å². The Labute approximate surface area is 309 Å². The predicted molar refractivity (Wildman–Crippen MR) is 206 cm³/mol. The van der Waals surface area contributed by atoms with Crippen LogP contribution in [0, 0.1) is 0 Å². The molecule has 54 heavy (non-hydrogen) atoms. The van der Waals surface area contributed by atoms with E-state index in [9.17, 15) is 0 Å². The number of allylic oxidation sites excluding steroid dienone is 1. The average Bonchev–Trinajstić information content (AvgIpc) is 3.73. The van der Waals surface area contributed by atoms with Crippen LogP contribution in [0.5, 0.6) is 0 Å². The van der Waals surface area contributed by atoms with Gasteiger partial charge in [0.05, 0.1) is 28.5 Å². The first-order chi connectivity index (χ1) is 26.7. The molecular formula is C42H24N8O3S. The van der Waals surface area contributed by atoms with E-state index in [0.29, 0.717) is 23.7 Å². The molecule has 10 aromatic rings. The SMILES string of the molecule is C1=C(C2CO2)c2oc3ncncc3c2C(c2cccc(-c3cc(-c4cccc(-c5ncnc6oc7ncncc7c56)c4)cc4c3sc3ncncc34)c2)C1. The van der Waals surface area contributed by atoms with Crippen molar-refractivity contribution in [2.45, 2.75) is 18.4 Å². The van der Waals surface area contributed by atoms with Gasteiger partial charge in [0.2, 0.25) is 17.1 Å². The molecule has 0 spiro atoms. The van der Waals surface area contributed by atoms with Gasteiger partial charge in [-0.1, -0.05) is 48.5 Å². The summed E-state index contributed by atoms with van der Waals surface area (Å²) in [5, 5.41) is 4.63. The zero-order chi connectivity index (χ0) is 35.3. The molecule has 0 N–H and O–H groups in total. The molecule has 1 aliphatic carbocycles. The molecule has 8 heterocycles. The lowest BCUT2D eigenvalue weighted by atomic mass is 9.80. The first-order valence-corrected chi connectivity index (χ1v) is 18.3. The smallest absolute Gasteiger partial charge is 0.233 e. The minimum absolute atomic E-state index is 0.0624. The van der Waals surface area contributed by atoms with Crippen molar-refractivity contribution < 1.29 is 13.6 Å². The van der Waals surface area contributed by atoms with E-state index in [1.54, 1.807) is 23.9 Å². The normalized spacial score (nSPS) is 16.8. The molecule has 12 heteroatoms. The van der Waals surface area contributed by atoms with Gasteiger partial charge in [-0.2, -0.15) is 0 Å². The van der Waals surface area contributed by atoms with Crippen LogP contribution in [0.15, 0.2) is 119 Å². The Morgan fingerprint density at radius 3 is 2.28 bits per heavy atom. The van der Waals surface area contributed by atoms with E-state index >= 15 is 0 Å². The first-order valence-electron chi connectivity index (χ1n) is 17.5. The van der Waals surface area contributed by atoms with E-state index in [0.717, 1.165) is 93.3 Å². The van der Waals surface area contributed by atoms with Crippen LogP contribution in [0.25, 0.3) is 92.7 Å². The number of nitrogens with zero attached hydrogens (tertiary/aromatic N) is 8. The third-order valence-electron chi connectivity index (χ3n) is 10.5. The Kier molecular flexibility index (Phi) is 6.27. The molecule has 0 saturated carbocycles. The zero-order valence-corrected chi connectivity index (χ0v) is 29.0. The second-order valence-corrected chi connectivity index (χ2v) is 14.6. The first kappa shape index (κ1) is 29.8. The van der Waals surface area contributed by atoms with E-state index < -0.39 is 0 Å². The number of hydrogen-bond acceptors (Lipinski definition) is 12. The highest BCUT2D eigenvalue weighted by Crippen LogP contribution is 2.48. The Bertz CT molecular complexity index is 3200. The Morgan fingerprint density at radius 2 is 1.39 bits per heavy atom. The maximum Gasteiger partial charge on any atom is 0.233 e. The standard InChI is InChI=1S/C42H24N8O3S/c1-3-21(9-24(6-1)36-35-32-15-45-18-48-40(32)53-41(35)49-20-46-36)25-11-28(38-29(12-25)30-13-43-19-50-42(30)54-38)23-5-2-4-22(10-23)26-7-8-27(33-16-51-33)37-34(26)31-14-44-17-47-39(31)52-37/h1-6,8-15,17-20,26,33H,7,16H2. The molecule has 2 unspecified atom stereocenters. The largest absolute Gasteiger partial charge is 0.438 e. The number of benzene rings is 3. The molecule has 2 atom stereocenters. The summed E-state index contributed by atoms with van der Waals surface area (Å²) in [6.07, 6.45) is 14.8. The summed E-state index contributed by atoms with van der Waals surface area (Å²) in [6.45, 7) is 0.710. The molecule has 256 valence electrons. The lowest BCUT2D eigenvalue weighted by Gasteiger charge is -2.22. The van der Waals surface area contributed by atoms with E-state index in [1.807, 2.05) is 12.4 Å². The van der Waals surface area contributed by atoms with Crippen LogP contribution in [-0.2, 0) is 4.74 Å². The molecule has 1 aliphatic heterocycles. The number of thiophene rings is 1. The van der Waals surface area contributed by atoms with Gasteiger partial charge in [-0.15, -0.1) is 11.3 Å². The molecule has 11 nitrogen and oxygen atoms in total. The van der Waals surface area contributed by atoms with Gasteiger partial charge < -0.3 is 13.6 Å². The molecule has 12 rings (SSSR count). The van der Waals surface area contributed by atoms with Crippen LogP contribution >= 0.6 is 11.3 Å². The van der Waals surface area contributed by atoms with Crippen LogP contribution in [0.4, 0.5) is 0 Å². The summed E-state index contributed by atoms with van der Waals surface area (Å²) >= 11 is 1.69. The molecule has 2 aliphatic rings. The van der Waals surface area contributed by atoms with Gasteiger partial charge in [0.25, 0.3) is 0 Å². The fourth-order valence-electron chi connectivity index (χ4n) is 8.02. The maximum atomic E-state index is 6.38. The van der Waals surface area contributed by atoms with Gasteiger partial charge in [-0.05, 0) is 46.9 Å². The Hall–Kier alpha value is -6.76. The van der Waals surface area contributed by atoms with Gasteiger partial charge in [-0.25, -0.2) is 39.9 Å². The number of aromatic nitrogens is 8. The summed E-state index contributed by atoms with van der Waals surface area (Å²) in [7, 11) is 0. The van der Waals surface area contributed by atoms with Crippen LogP contribution in [0.3, 0.4) is 0 Å². The fraction of sp³-hybridized carbons (Fsp3) is 0.0952. The minimum Gasteiger partial charge on any atom is -0.438 e. The number of fused-ring (bicyclic) bond motifs is 9. The summed E-state index contributed by atoms with van der Waals surface area (Å²) < 4.78 is 19.2. The molecule has 1 saturated heterocycles. The van der Waals surface area contributed by atoms with Crippen molar-refractivity contribution in [3.63, 3.8) is 0 Å². The van der Waals surface area contributed by atoms with Crippen molar-refractivity contribution in [3.05, 3.63) is 128 Å². The molecule has 1 fully saturated rings. The van der Waals surface area contributed by atoms with Gasteiger partial charge in [0.1, 0.15) is 42.0 Å². The summed E-state index contributed by atoms with van der Waals surface area (Å²) in [4.78, 5) is 36.5. The lowest BCUT2D eigenvalue weighted by molar-refractivity contribution is 0.439. The number of ether oxygens (including phenoxy) is 1.